The van der Waals surface area contributed by atoms with Gasteiger partial charge in [0.2, 0.25) is 0 Å². The Morgan fingerprint density at radius 1 is 1.50 bits per heavy atom. The first-order chi connectivity index (χ1) is 6.74. The van der Waals surface area contributed by atoms with Crippen molar-refractivity contribution < 1.29 is 15.0 Å². The molecule has 0 bridgehead atoms. The lowest BCUT2D eigenvalue weighted by Crippen LogP contribution is -1.99. The van der Waals surface area contributed by atoms with Gasteiger partial charge in [0.05, 0.1) is 24.0 Å². The van der Waals surface area contributed by atoms with Gasteiger partial charge in [0.1, 0.15) is 5.56 Å². The van der Waals surface area contributed by atoms with E-state index in [1.54, 1.807) is 18.2 Å². The lowest BCUT2D eigenvalue weighted by Gasteiger charge is -2.00. The number of hydrogen-bond donors (Lipinski definition) is 2. The van der Waals surface area contributed by atoms with Crippen LogP contribution in [0.4, 0.5) is 0 Å². The fraction of sp³-hybridized carbons (Fsp3) is 0.111. The first-order valence-electron chi connectivity index (χ1n) is 4.04. The van der Waals surface area contributed by atoms with E-state index in [-0.39, 0.29) is 12.2 Å². The number of rotatable bonds is 2. The number of carbonyl (C=O) groups is 1. The van der Waals surface area contributed by atoms with Crippen LogP contribution in [0, 0.1) is 0 Å². The topological polar surface area (TPSA) is 74.8 Å². The lowest BCUT2D eigenvalue weighted by atomic mass is 10.2. The van der Waals surface area contributed by atoms with Gasteiger partial charge in [-0.15, -0.1) is 0 Å². The van der Waals surface area contributed by atoms with E-state index in [1.165, 1.54) is 10.7 Å². The van der Waals surface area contributed by atoms with Crippen molar-refractivity contribution in [3.05, 3.63) is 35.7 Å². The number of nitrogens with zero attached hydrogens (tertiary/aromatic N) is 2. The molecule has 0 spiro atoms. The SMILES string of the molecule is O=C(O)c1cnn2c(CO)cccc12. The molecular formula is C9H8N2O3. The maximum absolute atomic E-state index is 10.8. The fourth-order valence-electron chi connectivity index (χ4n) is 1.35. The highest BCUT2D eigenvalue weighted by molar-refractivity contribution is 5.95. The third-order valence-electron chi connectivity index (χ3n) is 2.01. The van der Waals surface area contributed by atoms with E-state index < -0.39 is 5.97 Å². The molecule has 14 heavy (non-hydrogen) atoms. The number of carboxylic acids is 1. The summed E-state index contributed by atoms with van der Waals surface area (Å²) in [4.78, 5) is 10.8. The molecule has 5 heteroatoms. The summed E-state index contributed by atoms with van der Waals surface area (Å²) in [5.41, 5.74) is 1.19. The molecule has 0 saturated heterocycles. The Balaban J connectivity index is 2.75. The summed E-state index contributed by atoms with van der Waals surface area (Å²) < 4.78 is 1.42. The molecule has 2 heterocycles. The van der Waals surface area contributed by atoms with E-state index in [0.717, 1.165) is 0 Å². The standard InChI is InChI=1S/C9H8N2O3/c12-5-6-2-1-3-8-7(9(13)14)4-10-11(6)8/h1-4,12H,5H2,(H,13,14). The predicted octanol–water partition coefficient (Wildman–Crippen LogP) is 0.525. The summed E-state index contributed by atoms with van der Waals surface area (Å²) in [6, 6.07) is 5.02. The number of pyridine rings is 1. The zero-order chi connectivity index (χ0) is 10.1. The van der Waals surface area contributed by atoms with Gasteiger partial charge in [-0.3, -0.25) is 0 Å². The van der Waals surface area contributed by atoms with Crippen molar-refractivity contribution in [3.63, 3.8) is 0 Å². The molecule has 2 aromatic rings. The van der Waals surface area contributed by atoms with Gasteiger partial charge in [-0.2, -0.15) is 5.10 Å². The largest absolute Gasteiger partial charge is 0.478 e. The molecule has 0 aliphatic rings. The summed E-state index contributed by atoms with van der Waals surface area (Å²) in [5, 5.41) is 21.7. The highest BCUT2D eigenvalue weighted by Gasteiger charge is 2.11. The maximum atomic E-state index is 10.8. The van der Waals surface area contributed by atoms with E-state index in [9.17, 15) is 4.79 Å². The molecular weight excluding hydrogens is 184 g/mol. The van der Waals surface area contributed by atoms with E-state index in [4.69, 9.17) is 10.2 Å². The highest BCUT2D eigenvalue weighted by atomic mass is 16.4. The summed E-state index contributed by atoms with van der Waals surface area (Å²) in [5.74, 6) is -1.02. The highest BCUT2D eigenvalue weighted by Crippen LogP contribution is 2.12. The molecule has 2 N–H and O–H groups in total. The van der Waals surface area contributed by atoms with Crippen LogP contribution < -0.4 is 0 Å². The smallest absolute Gasteiger partial charge is 0.339 e. The Morgan fingerprint density at radius 3 is 2.93 bits per heavy atom. The Hall–Kier alpha value is -1.88. The third-order valence-corrected chi connectivity index (χ3v) is 2.01. The molecule has 0 unspecified atom stereocenters. The minimum atomic E-state index is -1.02. The van der Waals surface area contributed by atoms with Crippen molar-refractivity contribution >= 4 is 11.5 Å². The molecule has 0 amide bonds. The number of aliphatic hydroxyl groups excluding tert-OH is 1. The molecule has 0 fully saturated rings. The van der Waals surface area contributed by atoms with Gasteiger partial charge < -0.3 is 10.2 Å². The number of aromatic carboxylic acids is 1. The monoisotopic (exact) mass is 192 g/mol. The van der Waals surface area contributed by atoms with Crippen LogP contribution in [-0.4, -0.2) is 25.8 Å². The molecule has 0 aromatic carbocycles. The Bertz CT molecular complexity index is 490. The molecule has 72 valence electrons. The first kappa shape index (κ1) is 8.71. The van der Waals surface area contributed by atoms with Crippen LogP contribution in [0.2, 0.25) is 0 Å². The summed E-state index contributed by atoms with van der Waals surface area (Å²) in [7, 11) is 0. The third kappa shape index (κ3) is 1.14. The molecule has 0 saturated carbocycles. The molecule has 0 aliphatic heterocycles. The Labute approximate surface area is 79.2 Å². The van der Waals surface area contributed by atoms with E-state index in [1.807, 2.05) is 0 Å². The van der Waals surface area contributed by atoms with E-state index in [2.05, 4.69) is 5.10 Å². The Morgan fingerprint density at radius 2 is 2.29 bits per heavy atom. The van der Waals surface area contributed by atoms with E-state index in [0.29, 0.717) is 11.2 Å². The van der Waals surface area contributed by atoms with Crippen LogP contribution in [0.25, 0.3) is 5.52 Å². The number of carboxylic acid groups (broad SMARTS) is 1. The van der Waals surface area contributed by atoms with Crippen molar-refractivity contribution in [2.75, 3.05) is 0 Å². The normalized spacial score (nSPS) is 10.6. The zero-order valence-corrected chi connectivity index (χ0v) is 7.21. The fourth-order valence-corrected chi connectivity index (χ4v) is 1.35. The van der Waals surface area contributed by atoms with E-state index >= 15 is 0 Å². The van der Waals surface area contributed by atoms with Gasteiger partial charge in [0, 0.05) is 0 Å². The number of fused-ring (bicyclic) bond motifs is 1. The van der Waals surface area contributed by atoms with Gasteiger partial charge in [-0.25, -0.2) is 9.31 Å². The number of aromatic nitrogens is 2. The minimum Gasteiger partial charge on any atom is -0.478 e. The number of aliphatic hydroxyl groups is 1. The average molecular weight is 192 g/mol. The van der Waals surface area contributed by atoms with Gasteiger partial charge in [-0.1, -0.05) is 6.07 Å². The first-order valence-corrected chi connectivity index (χ1v) is 4.04. The van der Waals surface area contributed by atoms with Gasteiger partial charge in [-0.05, 0) is 12.1 Å². The molecule has 2 aromatic heterocycles. The molecule has 0 aliphatic carbocycles. The second-order valence-corrected chi connectivity index (χ2v) is 2.84. The predicted molar refractivity (Wildman–Crippen MR) is 48.1 cm³/mol. The van der Waals surface area contributed by atoms with Crippen LogP contribution >= 0.6 is 0 Å². The van der Waals surface area contributed by atoms with Crippen molar-refractivity contribution in [3.8, 4) is 0 Å². The number of hydrogen-bond acceptors (Lipinski definition) is 3. The van der Waals surface area contributed by atoms with Crippen LogP contribution in [0.5, 0.6) is 0 Å². The van der Waals surface area contributed by atoms with Crippen molar-refractivity contribution in [1.29, 1.82) is 0 Å². The molecule has 0 radical (unpaired) electrons. The van der Waals surface area contributed by atoms with Crippen LogP contribution in [0.1, 0.15) is 16.1 Å². The molecule has 0 atom stereocenters. The van der Waals surface area contributed by atoms with Crippen molar-refractivity contribution in [1.82, 2.24) is 9.61 Å². The summed E-state index contributed by atoms with van der Waals surface area (Å²) >= 11 is 0. The quantitative estimate of drug-likeness (QED) is 0.727. The zero-order valence-electron chi connectivity index (χ0n) is 7.21. The van der Waals surface area contributed by atoms with Gasteiger partial charge >= 0.3 is 5.97 Å². The summed E-state index contributed by atoms with van der Waals surface area (Å²) in [6.45, 7) is -0.169. The second-order valence-electron chi connectivity index (χ2n) is 2.84. The molecule has 5 nitrogen and oxygen atoms in total. The van der Waals surface area contributed by atoms with Crippen molar-refractivity contribution in [2.24, 2.45) is 0 Å². The van der Waals surface area contributed by atoms with Crippen LogP contribution in [0.3, 0.4) is 0 Å². The van der Waals surface area contributed by atoms with Crippen molar-refractivity contribution in [2.45, 2.75) is 6.61 Å². The second kappa shape index (κ2) is 3.12. The van der Waals surface area contributed by atoms with Gasteiger partial charge in [0.25, 0.3) is 0 Å². The Kier molecular flexibility index (Phi) is 1.94. The molecule has 2 rings (SSSR count). The van der Waals surface area contributed by atoms with Crippen LogP contribution in [0.15, 0.2) is 24.4 Å². The minimum absolute atomic E-state index is 0.139. The lowest BCUT2D eigenvalue weighted by molar-refractivity contribution is 0.0699. The average Bonchev–Trinajstić information content (AvgIpc) is 2.60. The van der Waals surface area contributed by atoms with Crippen LogP contribution in [-0.2, 0) is 6.61 Å². The summed E-state index contributed by atoms with van der Waals surface area (Å²) in [6.07, 6.45) is 1.27. The van der Waals surface area contributed by atoms with Gasteiger partial charge in [0.15, 0.2) is 0 Å². The maximum Gasteiger partial charge on any atom is 0.339 e.